The molecule has 1 amide bonds. The number of benzene rings is 2. The molecule has 6 nitrogen and oxygen atoms in total. The van der Waals surface area contributed by atoms with Crippen molar-refractivity contribution in [2.24, 2.45) is 0 Å². The van der Waals surface area contributed by atoms with Crippen LogP contribution >= 0.6 is 0 Å². The van der Waals surface area contributed by atoms with Crippen molar-refractivity contribution < 1.29 is 4.79 Å². The zero-order chi connectivity index (χ0) is 24.1. The molecule has 0 fully saturated rings. The highest BCUT2D eigenvalue weighted by molar-refractivity contribution is 5.94. The fourth-order valence-corrected chi connectivity index (χ4v) is 4.33. The maximum absolute atomic E-state index is 13.7. The summed E-state index contributed by atoms with van der Waals surface area (Å²) in [6.07, 6.45) is 4.28. The number of nitrogens with zero attached hydrogens (tertiary/aromatic N) is 4. The van der Waals surface area contributed by atoms with Crippen molar-refractivity contribution in [3.63, 3.8) is 0 Å². The van der Waals surface area contributed by atoms with Crippen molar-refractivity contribution in [1.82, 2.24) is 19.1 Å². The largest absolute Gasteiger partial charge is 0.328 e. The van der Waals surface area contributed by atoms with E-state index in [0.29, 0.717) is 36.4 Å². The summed E-state index contributed by atoms with van der Waals surface area (Å²) < 4.78 is 3.37. The number of carbonyl (C=O) groups is 1. The number of aryl methyl sites for hydroxylation is 1. The second kappa shape index (κ2) is 10.5. The molecular weight excluding hydrogens is 424 g/mol. The molecule has 0 N–H and O–H groups in total. The van der Waals surface area contributed by atoms with Crippen LogP contribution < -0.4 is 5.56 Å². The Morgan fingerprint density at radius 1 is 1.00 bits per heavy atom. The molecule has 0 spiro atoms. The molecule has 6 heteroatoms. The van der Waals surface area contributed by atoms with E-state index in [1.54, 1.807) is 21.3 Å². The minimum Gasteiger partial charge on any atom is -0.328 e. The van der Waals surface area contributed by atoms with E-state index in [-0.39, 0.29) is 17.5 Å². The maximum Gasteiger partial charge on any atom is 0.278 e. The minimum absolute atomic E-state index is 0.0339. The molecule has 0 radical (unpaired) electrons. The van der Waals surface area contributed by atoms with E-state index in [2.05, 4.69) is 6.92 Å². The normalized spacial score (nSPS) is 12.1. The van der Waals surface area contributed by atoms with Crippen molar-refractivity contribution in [3.05, 3.63) is 106 Å². The van der Waals surface area contributed by atoms with E-state index in [9.17, 15) is 9.59 Å². The molecule has 0 bridgehead atoms. The van der Waals surface area contributed by atoms with Crippen LogP contribution in [0.4, 0.5) is 0 Å². The van der Waals surface area contributed by atoms with Gasteiger partial charge in [0.15, 0.2) is 5.82 Å². The van der Waals surface area contributed by atoms with Crippen LogP contribution in [-0.4, -0.2) is 31.5 Å². The van der Waals surface area contributed by atoms with E-state index in [1.165, 1.54) is 0 Å². The number of fused-ring (bicyclic) bond motifs is 1. The molecule has 2 aromatic carbocycles. The Morgan fingerprint density at radius 2 is 1.74 bits per heavy atom. The van der Waals surface area contributed by atoms with Crippen molar-refractivity contribution in [1.29, 1.82) is 0 Å². The summed E-state index contributed by atoms with van der Waals surface area (Å²) in [5.74, 6) is 0.574. The smallest absolute Gasteiger partial charge is 0.278 e. The zero-order valence-corrected chi connectivity index (χ0v) is 20.1. The Morgan fingerprint density at radius 3 is 2.41 bits per heavy atom. The average molecular weight is 457 g/mol. The van der Waals surface area contributed by atoms with E-state index in [4.69, 9.17) is 5.10 Å². The number of hydrogen-bond donors (Lipinski definition) is 0. The summed E-state index contributed by atoms with van der Waals surface area (Å²) in [6, 6.07) is 20.9. The Hall–Kier alpha value is -3.67. The van der Waals surface area contributed by atoms with Gasteiger partial charge in [0.1, 0.15) is 5.52 Å². The lowest BCUT2D eigenvalue weighted by Gasteiger charge is -2.32. The van der Waals surface area contributed by atoms with Crippen LogP contribution in [0, 0.1) is 6.92 Å². The summed E-state index contributed by atoms with van der Waals surface area (Å²) in [7, 11) is 0. The second-order valence-electron chi connectivity index (χ2n) is 8.72. The molecule has 2 heterocycles. The summed E-state index contributed by atoms with van der Waals surface area (Å²) in [5, 5.41) is 4.87. The fraction of sp³-hybridized carbons (Fsp3) is 0.321. The van der Waals surface area contributed by atoms with Crippen LogP contribution in [0.15, 0.2) is 77.7 Å². The first-order valence-corrected chi connectivity index (χ1v) is 12.0. The van der Waals surface area contributed by atoms with E-state index in [1.807, 2.05) is 79.4 Å². The van der Waals surface area contributed by atoms with E-state index in [0.717, 1.165) is 24.0 Å². The van der Waals surface area contributed by atoms with Gasteiger partial charge in [0.2, 0.25) is 0 Å². The molecule has 0 saturated heterocycles. The highest BCUT2D eigenvalue weighted by Crippen LogP contribution is 2.26. The predicted molar refractivity (Wildman–Crippen MR) is 135 cm³/mol. The molecule has 4 aromatic rings. The third kappa shape index (κ3) is 4.81. The van der Waals surface area contributed by atoms with Gasteiger partial charge in [-0.05, 0) is 49.6 Å². The van der Waals surface area contributed by atoms with Crippen LogP contribution in [0.25, 0.3) is 5.52 Å². The number of carbonyl (C=O) groups excluding carboxylic acids is 1. The van der Waals surface area contributed by atoms with Gasteiger partial charge >= 0.3 is 0 Å². The van der Waals surface area contributed by atoms with Crippen LogP contribution in [0.2, 0.25) is 0 Å². The topological polar surface area (TPSA) is 59.6 Å². The van der Waals surface area contributed by atoms with Gasteiger partial charge in [-0.3, -0.25) is 14.2 Å². The second-order valence-corrected chi connectivity index (χ2v) is 8.72. The molecule has 2 aromatic heterocycles. The predicted octanol–water partition coefficient (Wildman–Crippen LogP) is 5.25. The van der Waals surface area contributed by atoms with Crippen molar-refractivity contribution in [2.45, 2.75) is 52.6 Å². The van der Waals surface area contributed by atoms with Crippen molar-refractivity contribution >= 4 is 11.4 Å². The van der Waals surface area contributed by atoms with Gasteiger partial charge in [0.05, 0.1) is 12.6 Å². The number of hydrogen-bond acceptors (Lipinski definition) is 3. The van der Waals surface area contributed by atoms with Crippen molar-refractivity contribution in [3.8, 4) is 0 Å². The van der Waals surface area contributed by atoms with Gasteiger partial charge in [0, 0.05) is 18.3 Å². The Kier molecular flexibility index (Phi) is 7.26. The van der Waals surface area contributed by atoms with Crippen molar-refractivity contribution in [2.75, 3.05) is 6.54 Å². The van der Waals surface area contributed by atoms with Gasteiger partial charge in [-0.1, -0.05) is 68.3 Å². The minimum atomic E-state index is -0.330. The first-order chi connectivity index (χ1) is 16.5. The zero-order valence-electron chi connectivity index (χ0n) is 20.1. The third-order valence-corrected chi connectivity index (χ3v) is 6.24. The summed E-state index contributed by atoms with van der Waals surface area (Å²) in [5.41, 5.74) is 3.21. The van der Waals surface area contributed by atoms with Crippen LogP contribution in [0.3, 0.4) is 0 Å². The quantitative estimate of drug-likeness (QED) is 0.346. The first-order valence-electron chi connectivity index (χ1n) is 12.0. The Labute approximate surface area is 200 Å². The Balaban J connectivity index is 1.84. The first kappa shape index (κ1) is 23.5. The lowest BCUT2D eigenvalue weighted by molar-refractivity contribution is 0.0652. The molecule has 0 aliphatic heterocycles. The molecule has 4 rings (SSSR count). The monoisotopic (exact) mass is 456 g/mol. The average Bonchev–Trinajstić information content (AvgIpc) is 3.33. The van der Waals surface area contributed by atoms with Gasteiger partial charge in [-0.2, -0.15) is 5.10 Å². The number of unbranched alkanes of at least 4 members (excludes halogenated alkanes) is 1. The summed E-state index contributed by atoms with van der Waals surface area (Å²) in [6.45, 7) is 7.18. The van der Waals surface area contributed by atoms with Crippen LogP contribution in [0.5, 0.6) is 0 Å². The molecule has 0 aliphatic rings. The number of amides is 1. The van der Waals surface area contributed by atoms with Gasteiger partial charge < -0.3 is 4.90 Å². The number of aromatic nitrogens is 3. The molecule has 0 aliphatic carbocycles. The Bertz CT molecular complexity index is 1310. The third-order valence-electron chi connectivity index (χ3n) is 6.24. The van der Waals surface area contributed by atoms with Gasteiger partial charge in [-0.25, -0.2) is 4.52 Å². The van der Waals surface area contributed by atoms with Gasteiger partial charge in [0.25, 0.3) is 11.5 Å². The van der Waals surface area contributed by atoms with E-state index < -0.39 is 0 Å². The molecule has 1 unspecified atom stereocenters. The fourth-order valence-electron chi connectivity index (χ4n) is 4.33. The molecule has 0 saturated carbocycles. The molecule has 1 atom stereocenters. The van der Waals surface area contributed by atoms with Crippen LogP contribution in [-0.2, 0) is 6.54 Å². The standard InChI is InChI=1S/C28H32N4O2/c1-4-6-18-30(27(33)23-16-14-21(3)15-17-23)24(5-2)26-29-32-19-10-13-25(32)28(34)31(26)20-22-11-8-7-9-12-22/h7-17,19,24H,4-6,18,20H2,1-3H3. The lowest BCUT2D eigenvalue weighted by Crippen LogP contribution is -2.40. The summed E-state index contributed by atoms with van der Waals surface area (Å²) in [4.78, 5) is 29.2. The molecule has 176 valence electrons. The molecule has 34 heavy (non-hydrogen) atoms. The highest BCUT2D eigenvalue weighted by Gasteiger charge is 2.29. The van der Waals surface area contributed by atoms with Gasteiger partial charge in [-0.15, -0.1) is 0 Å². The maximum atomic E-state index is 13.7. The SMILES string of the molecule is CCCCN(C(=O)c1ccc(C)cc1)C(CC)c1nn2cccc2c(=O)n1Cc1ccccc1. The lowest BCUT2D eigenvalue weighted by atomic mass is 10.1. The molecular formula is C28H32N4O2. The summed E-state index contributed by atoms with van der Waals surface area (Å²) >= 11 is 0. The number of rotatable bonds is 9. The van der Waals surface area contributed by atoms with E-state index >= 15 is 0 Å². The van der Waals surface area contributed by atoms with Crippen LogP contribution in [0.1, 0.15) is 66.5 Å². The highest BCUT2D eigenvalue weighted by atomic mass is 16.2.